The fourth-order valence-corrected chi connectivity index (χ4v) is 4.06. The third-order valence-corrected chi connectivity index (χ3v) is 5.84. The van der Waals surface area contributed by atoms with Crippen molar-refractivity contribution < 1.29 is 29.8 Å². The van der Waals surface area contributed by atoms with Crippen molar-refractivity contribution in [3.05, 3.63) is 81.9 Å². The molecule has 1 fully saturated rings. The van der Waals surface area contributed by atoms with Gasteiger partial charge in [-0.1, -0.05) is 6.08 Å². The number of rotatable bonds is 6. The van der Waals surface area contributed by atoms with E-state index in [0.717, 1.165) is 5.70 Å². The third-order valence-electron chi connectivity index (χ3n) is 4.68. The molecule has 10 heteroatoms. The molecular formula is C20H22N2O7S. The van der Waals surface area contributed by atoms with Crippen LogP contribution in [0.5, 0.6) is 0 Å². The van der Waals surface area contributed by atoms with Gasteiger partial charge in [0.15, 0.2) is 5.78 Å². The summed E-state index contributed by atoms with van der Waals surface area (Å²) in [6, 6.07) is 0. The predicted molar refractivity (Wildman–Crippen MR) is 111 cm³/mol. The van der Waals surface area contributed by atoms with E-state index in [1.54, 1.807) is 12.2 Å². The number of ether oxygens (including phenoxy) is 1. The van der Waals surface area contributed by atoms with Gasteiger partial charge in [-0.05, 0) is 30.4 Å². The van der Waals surface area contributed by atoms with Crippen LogP contribution in [0.4, 0.5) is 0 Å². The average molecular weight is 434 g/mol. The van der Waals surface area contributed by atoms with Gasteiger partial charge in [-0.3, -0.25) is 14.9 Å². The minimum absolute atomic E-state index is 0.0386. The normalized spacial score (nSPS) is 31.5. The number of thioether (sulfide) groups is 1. The molecule has 160 valence electrons. The van der Waals surface area contributed by atoms with Gasteiger partial charge < -0.3 is 25.0 Å². The average Bonchev–Trinajstić information content (AvgIpc) is 2.73. The van der Waals surface area contributed by atoms with Crippen molar-refractivity contribution >= 4 is 17.5 Å². The molecule has 0 aromatic heterocycles. The van der Waals surface area contributed by atoms with Crippen molar-refractivity contribution in [1.29, 1.82) is 0 Å². The van der Waals surface area contributed by atoms with E-state index in [9.17, 15) is 30.2 Å². The monoisotopic (exact) mass is 434 g/mol. The van der Waals surface area contributed by atoms with E-state index < -0.39 is 28.7 Å². The SMILES string of the molecule is O=C1C=CC([N+](=O)[O-])=C/C1=C/C=C1\C=CC=CN1CCS[C@@H]1OC[C@@H](O)[C@@H](O)[C@H]1O. The maximum atomic E-state index is 12.0. The van der Waals surface area contributed by atoms with Crippen molar-refractivity contribution in [2.45, 2.75) is 23.7 Å². The molecule has 0 unspecified atom stereocenters. The molecule has 4 atom stereocenters. The maximum absolute atomic E-state index is 12.0. The smallest absolute Gasteiger partial charge is 0.270 e. The molecule has 0 amide bonds. The Bertz CT molecular complexity index is 874. The molecule has 1 aliphatic carbocycles. The highest BCUT2D eigenvalue weighted by Gasteiger charge is 2.37. The van der Waals surface area contributed by atoms with Crippen LogP contribution in [0.3, 0.4) is 0 Å². The van der Waals surface area contributed by atoms with Crippen LogP contribution >= 0.6 is 11.8 Å². The molecule has 0 saturated carbocycles. The molecule has 3 aliphatic rings. The van der Waals surface area contributed by atoms with Gasteiger partial charge in [0, 0.05) is 41.9 Å². The molecule has 0 aromatic rings. The zero-order chi connectivity index (χ0) is 21.7. The summed E-state index contributed by atoms with van der Waals surface area (Å²) in [5, 5.41) is 40.2. The van der Waals surface area contributed by atoms with E-state index in [1.807, 2.05) is 29.3 Å². The van der Waals surface area contributed by atoms with Gasteiger partial charge in [0.1, 0.15) is 23.7 Å². The number of nitrogens with zero attached hydrogens (tertiary/aromatic N) is 2. The second-order valence-corrected chi connectivity index (χ2v) is 7.96. The molecule has 2 aliphatic heterocycles. The number of ketones is 1. The number of aliphatic hydroxyl groups excluding tert-OH is 3. The van der Waals surface area contributed by atoms with Crippen LogP contribution in [0, 0.1) is 10.1 Å². The third kappa shape index (κ3) is 5.35. The van der Waals surface area contributed by atoms with E-state index in [0.29, 0.717) is 12.3 Å². The molecule has 0 radical (unpaired) electrons. The van der Waals surface area contributed by atoms with Gasteiger partial charge in [-0.15, -0.1) is 11.8 Å². The predicted octanol–water partition coefficient (Wildman–Crippen LogP) is 0.654. The van der Waals surface area contributed by atoms with Crippen LogP contribution in [0.15, 0.2) is 71.8 Å². The number of hydrogen-bond donors (Lipinski definition) is 3. The van der Waals surface area contributed by atoms with E-state index in [1.165, 1.54) is 30.0 Å². The molecule has 9 nitrogen and oxygen atoms in total. The van der Waals surface area contributed by atoms with Crippen LogP contribution in [-0.2, 0) is 9.53 Å². The van der Waals surface area contributed by atoms with Gasteiger partial charge in [-0.2, -0.15) is 0 Å². The Morgan fingerprint density at radius 2 is 2.00 bits per heavy atom. The van der Waals surface area contributed by atoms with Gasteiger partial charge in [0.25, 0.3) is 5.70 Å². The molecule has 1 saturated heterocycles. The van der Waals surface area contributed by atoms with Crippen LogP contribution < -0.4 is 0 Å². The van der Waals surface area contributed by atoms with E-state index in [-0.39, 0.29) is 23.7 Å². The lowest BCUT2D eigenvalue weighted by molar-refractivity contribution is -0.419. The summed E-state index contributed by atoms with van der Waals surface area (Å²) in [4.78, 5) is 24.3. The van der Waals surface area contributed by atoms with Gasteiger partial charge in [-0.25, -0.2) is 0 Å². The summed E-state index contributed by atoms with van der Waals surface area (Å²) < 4.78 is 5.38. The quantitative estimate of drug-likeness (QED) is 0.313. The summed E-state index contributed by atoms with van der Waals surface area (Å²) in [5.74, 6) is 0.253. The van der Waals surface area contributed by atoms with E-state index >= 15 is 0 Å². The minimum atomic E-state index is -1.24. The first kappa shape index (κ1) is 22.2. The molecule has 0 spiro atoms. The fraction of sp³-hybridized carbons (Fsp3) is 0.350. The Labute approximate surface area is 177 Å². The lowest BCUT2D eigenvalue weighted by atomic mass is 10.0. The van der Waals surface area contributed by atoms with Crippen molar-refractivity contribution in [3.8, 4) is 0 Å². The van der Waals surface area contributed by atoms with Crippen LogP contribution in [-0.4, -0.2) is 73.6 Å². The molecule has 0 aromatic carbocycles. The molecule has 3 rings (SSSR count). The van der Waals surface area contributed by atoms with Crippen molar-refractivity contribution in [1.82, 2.24) is 4.90 Å². The Kier molecular flexibility index (Phi) is 7.40. The summed E-state index contributed by atoms with van der Waals surface area (Å²) >= 11 is 1.32. The van der Waals surface area contributed by atoms with Crippen molar-refractivity contribution in [2.24, 2.45) is 0 Å². The van der Waals surface area contributed by atoms with Crippen molar-refractivity contribution in [3.63, 3.8) is 0 Å². The Hall–Kier alpha value is -2.50. The number of carbonyl (C=O) groups is 1. The minimum Gasteiger partial charge on any atom is -0.388 e. The molecular weight excluding hydrogens is 412 g/mol. The summed E-state index contributed by atoms with van der Waals surface area (Å²) in [6.07, 6.45) is 10.7. The number of hydrogen-bond acceptors (Lipinski definition) is 9. The number of allylic oxidation sites excluding steroid dienone is 9. The molecule has 2 heterocycles. The van der Waals surface area contributed by atoms with Gasteiger partial charge >= 0.3 is 0 Å². The highest BCUT2D eigenvalue weighted by molar-refractivity contribution is 7.99. The Morgan fingerprint density at radius 3 is 2.77 bits per heavy atom. The lowest BCUT2D eigenvalue weighted by Crippen LogP contribution is -2.51. The number of nitro groups is 1. The highest BCUT2D eigenvalue weighted by Crippen LogP contribution is 2.25. The largest absolute Gasteiger partial charge is 0.388 e. The fourth-order valence-electron chi connectivity index (χ4n) is 2.99. The standard InChI is InChI=1S/C20H22N2O7S/c23-16-7-6-15(22(27)28)11-13(16)4-5-14-3-1-2-8-21(14)9-10-30-20-19(26)18(25)17(24)12-29-20/h1-8,11,17-20,24-26H,9-10,12H2/b13-4-,14-5+/t17-,18-,19-,20+/m1/s1. The molecule has 3 N–H and O–H groups in total. The van der Waals surface area contributed by atoms with Gasteiger partial charge in [0.05, 0.1) is 11.5 Å². The second-order valence-electron chi connectivity index (χ2n) is 6.75. The first-order valence-corrected chi connectivity index (χ1v) is 10.3. The first-order chi connectivity index (χ1) is 14.4. The van der Waals surface area contributed by atoms with Crippen LogP contribution in [0.1, 0.15) is 0 Å². The molecule has 0 bridgehead atoms. The lowest BCUT2D eigenvalue weighted by Gasteiger charge is -2.35. The number of aliphatic hydroxyl groups is 3. The Morgan fingerprint density at radius 1 is 1.20 bits per heavy atom. The van der Waals surface area contributed by atoms with Crippen molar-refractivity contribution in [2.75, 3.05) is 18.9 Å². The van der Waals surface area contributed by atoms with E-state index in [4.69, 9.17) is 4.74 Å². The molecule has 30 heavy (non-hydrogen) atoms. The summed E-state index contributed by atoms with van der Waals surface area (Å²) in [5.41, 5.74) is 0.217. The van der Waals surface area contributed by atoms with Crippen LogP contribution in [0.2, 0.25) is 0 Å². The van der Waals surface area contributed by atoms with Crippen LogP contribution in [0.25, 0.3) is 0 Å². The first-order valence-electron chi connectivity index (χ1n) is 9.26. The van der Waals surface area contributed by atoms with Gasteiger partial charge in [0.2, 0.25) is 0 Å². The van der Waals surface area contributed by atoms with E-state index in [2.05, 4.69) is 0 Å². The topological polar surface area (TPSA) is 133 Å². The Balaban J connectivity index is 1.62. The summed E-state index contributed by atoms with van der Waals surface area (Å²) in [6.45, 7) is 0.513. The zero-order valence-electron chi connectivity index (χ0n) is 15.9. The maximum Gasteiger partial charge on any atom is 0.270 e. The second kappa shape index (κ2) is 10.0. The number of carbonyl (C=O) groups excluding carboxylic acids is 1. The zero-order valence-corrected chi connectivity index (χ0v) is 16.7. The highest BCUT2D eigenvalue weighted by atomic mass is 32.2. The summed E-state index contributed by atoms with van der Waals surface area (Å²) in [7, 11) is 0.